The number of imidazole rings is 1. The third-order valence-electron chi connectivity index (χ3n) is 16.9. The van der Waals surface area contributed by atoms with Crippen LogP contribution in [0.3, 0.4) is 0 Å². The summed E-state index contributed by atoms with van der Waals surface area (Å²) in [5.41, 5.74) is 12.2. The molecule has 0 aliphatic heterocycles. The Hall–Kier alpha value is -7.20. The fraction of sp³-hybridized carbons (Fsp3) is 0.407. The molecule has 474 valence electrons. The molecule has 90 heavy (non-hydrogen) atoms. The second-order valence-corrected chi connectivity index (χ2v) is 26.5. The molecule has 0 amide bonds. The second kappa shape index (κ2) is 37.2. The van der Waals surface area contributed by atoms with Crippen molar-refractivity contribution < 1.29 is 18.9 Å². The maximum absolute atomic E-state index is 6.29. The van der Waals surface area contributed by atoms with Crippen LogP contribution in [0.1, 0.15) is 219 Å². The number of hydrogen-bond donors (Lipinski definition) is 0. The zero-order valence-corrected chi connectivity index (χ0v) is 56.4. The van der Waals surface area contributed by atoms with Crippen molar-refractivity contribution in [3.05, 3.63) is 196 Å². The molecule has 0 bridgehead atoms. The molecule has 0 N–H and O–H groups in total. The number of aromatic nitrogens is 3. The van der Waals surface area contributed by atoms with E-state index in [1.807, 2.05) is 29.9 Å². The SMILES string of the molecule is CCCCCCCCOc1ccc(C(=Cc2ccc(-c3cc4ncn(-c5cc(C)ccn5)c4cc3-c3ccc(C=C(c4ccc(OCCCCCCCC)cc4)c4ccc(OCCCCCCCC)cc4)s3)s2)c2ccc(OCCCCCCCC)cc2)cc1. The topological polar surface area (TPSA) is 67.6 Å². The number of fused-ring (bicyclic) bond motifs is 1. The molecule has 0 saturated heterocycles. The molecule has 0 aliphatic carbocycles. The van der Waals surface area contributed by atoms with Gasteiger partial charge in [-0.25, -0.2) is 9.97 Å². The highest BCUT2D eigenvalue weighted by Gasteiger charge is 2.19. The monoisotopic (exact) mass is 1240 g/mol. The number of unbranched alkanes of at least 4 members (excludes halogenated alkanes) is 20. The van der Waals surface area contributed by atoms with E-state index >= 15 is 0 Å². The minimum absolute atomic E-state index is 0.737. The van der Waals surface area contributed by atoms with Crippen molar-refractivity contribution in [1.82, 2.24) is 14.5 Å². The molecule has 9 aromatic rings. The fourth-order valence-electron chi connectivity index (χ4n) is 11.6. The minimum atomic E-state index is 0.737. The molecule has 0 fully saturated rings. The van der Waals surface area contributed by atoms with Crippen molar-refractivity contribution in [1.29, 1.82) is 0 Å². The first-order chi connectivity index (χ1) is 44.4. The molecule has 0 saturated carbocycles. The fourth-order valence-corrected chi connectivity index (χ4v) is 13.6. The Labute approximate surface area is 547 Å². The lowest BCUT2D eigenvalue weighted by Gasteiger charge is -2.12. The van der Waals surface area contributed by atoms with Gasteiger partial charge in [-0.05, 0) is 181 Å². The van der Waals surface area contributed by atoms with Crippen molar-refractivity contribution in [3.63, 3.8) is 0 Å². The summed E-state index contributed by atoms with van der Waals surface area (Å²) in [5, 5.41) is 0. The van der Waals surface area contributed by atoms with Gasteiger partial charge in [-0.1, -0.05) is 205 Å². The van der Waals surface area contributed by atoms with E-state index in [1.165, 1.54) is 138 Å². The van der Waals surface area contributed by atoms with Gasteiger partial charge in [0.05, 0.1) is 37.5 Å². The molecule has 0 aliphatic rings. The molecule has 9 rings (SSSR count). The molecule has 0 atom stereocenters. The van der Waals surface area contributed by atoms with Crippen LogP contribution in [0, 0.1) is 6.92 Å². The zero-order valence-electron chi connectivity index (χ0n) is 54.8. The Morgan fingerprint density at radius 2 is 0.722 bits per heavy atom. The number of benzene rings is 5. The summed E-state index contributed by atoms with van der Waals surface area (Å²) < 4.78 is 27.3. The highest BCUT2D eigenvalue weighted by Crippen LogP contribution is 2.44. The van der Waals surface area contributed by atoms with Gasteiger partial charge in [0.2, 0.25) is 0 Å². The third-order valence-corrected chi connectivity index (χ3v) is 19.1. The van der Waals surface area contributed by atoms with E-state index in [4.69, 9.17) is 28.9 Å². The molecule has 9 heteroatoms. The van der Waals surface area contributed by atoms with E-state index in [-0.39, 0.29) is 0 Å². The highest BCUT2D eigenvalue weighted by atomic mass is 32.1. The van der Waals surface area contributed by atoms with Gasteiger partial charge < -0.3 is 18.9 Å². The number of pyridine rings is 1. The lowest BCUT2D eigenvalue weighted by Crippen LogP contribution is -1.98. The highest BCUT2D eigenvalue weighted by molar-refractivity contribution is 7.17. The van der Waals surface area contributed by atoms with Crippen LogP contribution in [0.2, 0.25) is 0 Å². The number of rotatable bonds is 41. The van der Waals surface area contributed by atoms with E-state index < -0.39 is 0 Å². The molecular formula is C81H99N3O4S2. The first kappa shape index (κ1) is 67.2. The molecule has 0 unspecified atom stereocenters. The standard InChI is InChI=1S/C81H99N3O4S2/c1-6-10-14-18-22-26-52-85-67-38-30-63(31-39-67)73(64-32-40-68(41-33-64)86-53-27-23-19-15-11-7-2)57-71-46-48-79(89-71)75-59-77-78(84(61-83-77)81-56-62(5)50-51-82-81)60-76(75)80-49-47-72(90-80)58-74(65-34-42-69(43-35-65)87-54-28-24-20-16-12-8-3)66-36-44-70(45-37-66)88-55-29-25-21-17-13-9-4/h30-51,56-61H,6-29,52-55H2,1-5H3. The van der Waals surface area contributed by atoms with Crippen molar-refractivity contribution in [3.8, 4) is 49.7 Å². The van der Waals surface area contributed by atoms with Crippen LogP contribution in [0.25, 0.3) is 61.0 Å². The lowest BCUT2D eigenvalue weighted by molar-refractivity contribution is 0.304. The maximum atomic E-state index is 6.29. The normalized spacial score (nSPS) is 11.3. The van der Waals surface area contributed by atoms with Crippen molar-refractivity contribution in [2.75, 3.05) is 26.4 Å². The van der Waals surface area contributed by atoms with Crippen LogP contribution >= 0.6 is 22.7 Å². The Balaban J connectivity index is 1.03. The molecular weight excluding hydrogens is 1140 g/mol. The van der Waals surface area contributed by atoms with E-state index in [0.717, 1.165) is 152 Å². The molecule has 4 heterocycles. The van der Waals surface area contributed by atoms with Crippen LogP contribution in [-0.2, 0) is 0 Å². The summed E-state index contributed by atoms with van der Waals surface area (Å²) >= 11 is 3.62. The summed E-state index contributed by atoms with van der Waals surface area (Å²) in [6.07, 6.45) is 38.2. The number of aryl methyl sites for hydroxylation is 1. The Morgan fingerprint density at radius 1 is 0.378 bits per heavy atom. The van der Waals surface area contributed by atoms with Gasteiger partial charge in [-0.2, -0.15) is 0 Å². The van der Waals surface area contributed by atoms with Gasteiger partial charge >= 0.3 is 0 Å². The molecule has 7 nitrogen and oxygen atoms in total. The summed E-state index contributed by atoms with van der Waals surface area (Å²) in [6.45, 7) is 14.1. The van der Waals surface area contributed by atoms with Crippen molar-refractivity contribution >= 4 is 57.0 Å². The summed E-state index contributed by atoms with van der Waals surface area (Å²) in [7, 11) is 0. The average molecular weight is 1240 g/mol. The van der Waals surface area contributed by atoms with Crippen LogP contribution in [0.15, 0.2) is 158 Å². The molecule has 4 aromatic heterocycles. The maximum Gasteiger partial charge on any atom is 0.138 e. The predicted molar refractivity (Wildman–Crippen MR) is 385 cm³/mol. The molecule has 0 spiro atoms. The van der Waals surface area contributed by atoms with Gasteiger partial charge in [0.15, 0.2) is 0 Å². The largest absolute Gasteiger partial charge is 0.494 e. The Morgan fingerprint density at radius 3 is 1.08 bits per heavy atom. The first-order valence-corrected chi connectivity index (χ1v) is 36.0. The quantitative estimate of drug-likeness (QED) is 0.0356. The van der Waals surface area contributed by atoms with Gasteiger partial charge in [0.25, 0.3) is 0 Å². The second-order valence-electron chi connectivity index (χ2n) is 24.3. The summed E-state index contributed by atoms with van der Waals surface area (Å²) in [5.74, 6) is 4.48. The van der Waals surface area contributed by atoms with Crippen molar-refractivity contribution in [2.45, 2.75) is 189 Å². The number of nitrogens with zero attached hydrogens (tertiary/aromatic N) is 3. The van der Waals surface area contributed by atoms with Crippen LogP contribution in [0.5, 0.6) is 23.0 Å². The lowest BCUT2D eigenvalue weighted by atomic mass is 9.97. The van der Waals surface area contributed by atoms with Gasteiger partial charge in [-0.15, -0.1) is 22.7 Å². The Kier molecular flexibility index (Phi) is 27.8. The average Bonchev–Trinajstić information content (AvgIpc) is 1.99. The van der Waals surface area contributed by atoms with E-state index in [9.17, 15) is 0 Å². The van der Waals surface area contributed by atoms with Crippen LogP contribution in [0.4, 0.5) is 0 Å². The zero-order chi connectivity index (χ0) is 62.4. The predicted octanol–water partition coefficient (Wildman–Crippen LogP) is 24.3. The van der Waals surface area contributed by atoms with Crippen LogP contribution in [-0.4, -0.2) is 41.0 Å². The smallest absolute Gasteiger partial charge is 0.138 e. The molecule has 0 radical (unpaired) electrons. The Bertz CT molecular complexity index is 3440. The summed E-state index contributed by atoms with van der Waals surface area (Å²) in [6, 6.07) is 52.6. The number of ether oxygens (including phenoxy) is 4. The van der Waals surface area contributed by atoms with Crippen molar-refractivity contribution in [2.24, 2.45) is 0 Å². The summed E-state index contributed by atoms with van der Waals surface area (Å²) in [4.78, 5) is 14.5. The molecule has 5 aromatic carbocycles. The van der Waals surface area contributed by atoms with Gasteiger partial charge in [0.1, 0.15) is 35.1 Å². The van der Waals surface area contributed by atoms with E-state index in [1.54, 1.807) is 11.3 Å². The number of hydrogen-bond acceptors (Lipinski definition) is 8. The minimum Gasteiger partial charge on any atom is -0.494 e. The van der Waals surface area contributed by atoms with E-state index in [0.29, 0.717) is 0 Å². The van der Waals surface area contributed by atoms with Crippen LogP contribution < -0.4 is 18.9 Å². The first-order valence-electron chi connectivity index (χ1n) is 34.4. The van der Waals surface area contributed by atoms with Gasteiger partial charge in [0, 0.05) is 36.8 Å². The van der Waals surface area contributed by atoms with Gasteiger partial charge in [-0.3, -0.25) is 4.57 Å². The van der Waals surface area contributed by atoms with E-state index in [2.05, 4.69) is 191 Å². The number of thiophene rings is 2. The third kappa shape index (κ3) is 20.7.